The molecule has 0 unspecified atom stereocenters. The molecule has 0 saturated carbocycles. The molecule has 0 aliphatic heterocycles. The Balaban J connectivity index is 2.67. The Bertz CT molecular complexity index is 348. The van der Waals surface area contributed by atoms with Crippen LogP contribution in [0.4, 0.5) is 0 Å². The molecule has 15 heavy (non-hydrogen) atoms. The molecule has 82 valence electrons. The average Bonchev–Trinajstić information content (AvgIpc) is 2.65. The van der Waals surface area contributed by atoms with Crippen LogP contribution in [-0.4, -0.2) is 49.4 Å². The summed E-state index contributed by atoms with van der Waals surface area (Å²) in [4.78, 5) is 25.5. The minimum Gasteiger partial charge on any atom is -0.480 e. The van der Waals surface area contributed by atoms with E-state index in [0.717, 1.165) is 6.33 Å². The summed E-state index contributed by atoms with van der Waals surface area (Å²) in [5.74, 6) is -2.17. The van der Waals surface area contributed by atoms with E-state index in [1.165, 1.54) is 6.92 Å². The standard InChI is InChI=1S/C7H10N4O4/c1-3(12)4(7(14)15)10-6(13)5-8-2-9-11-5/h2-4,12H,1H3,(H,10,13)(H,14,15)(H,8,9,11)/t3-,4+/m1/s1. The highest BCUT2D eigenvalue weighted by Gasteiger charge is 2.26. The molecule has 1 aromatic heterocycles. The number of aromatic amines is 1. The summed E-state index contributed by atoms with van der Waals surface area (Å²) in [6, 6.07) is -1.37. The van der Waals surface area contributed by atoms with Crippen molar-refractivity contribution in [1.29, 1.82) is 0 Å². The topological polar surface area (TPSA) is 128 Å². The summed E-state index contributed by atoms with van der Waals surface area (Å²) in [5.41, 5.74) is 0. The van der Waals surface area contributed by atoms with Crippen LogP contribution < -0.4 is 5.32 Å². The number of aliphatic hydroxyl groups is 1. The van der Waals surface area contributed by atoms with Crippen LogP contribution in [0.5, 0.6) is 0 Å². The van der Waals surface area contributed by atoms with E-state index in [1.54, 1.807) is 0 Å². The van der Waals surface area contributed by atoms with Crippen molar-refractivity contribution < 1.29 is 19.8 Å². The van der Waals surface area contributed by atoms with Gasteiger partial charge in [0.1, 0.15) is 6.33 Å². The fourth-order valence-corrected chi connectivity index (χ4v) is 0.913. The maximum Gasteiger partial charge on any atom is 0.328 e. The number of hydrogen-bond acceptors (Lipinski definition) is 5. The zero-order valence-corrected chi connectivity index (χ0v) is 7.84. The largest absolute Gasteiger partial charge is 0.480 e. The fraction of sp³-hybridized carbons (Fsp3) is 0.429. The molecular formula is C7H10N4O4. The van der Waals surface area contributed by atoms with Gasteiger partial charge in [0.05, 0.1) is 6.10 Å². The number of rotatable bonds is 4. The summed E-state index contributed by atoms with van der Waals surface area (Å²) in [7, 11) is 0. The Morgan fingerprint density at radius 2 is 2.27 bits per heavy atom. The van der Waals surface area contributed by atoms with E-state index in [0.29, 0.717) is 0 Å². The molecule has 4 N–H and O–H groups in total. The second kappa shape index (κ2) is 4.51. The highest BCUT2D eigenvalue weighted by atomic mass is 16.4. The lowest BCUT2D eigenvalue weighted by atomic mass is 10.2. The summed E-state index contributed by atoms with van der Waals surface area (Å²) >= 11 is 0. The predicted octanol–water partition coefficient (Wildman–Crippen LogP) is -1.63. The minimum atomic E-state index is -1.37. The zero-order valence-electron chi connectivity index (χ0n) is 7.84. The van der Waals surface area contributed by atoms with Gasteiger partial charge in [-0.3, -0.25) is 9.89 Å². The Morgan fingerprint density at radius 1 is 1.60 bits per heavy atom. The number of H-pyrrole nitrogens is 1. The molecule has 0 bridgehead atoms. The zero-order chi connectivity index (χ0) is 11.4. The summed E-state index contributed by atoms with van der Waals surface area (Å²) < 4.78 is 0. The van der Waals surface area contributed by atoms with Gasteiger partial charge in [0.15, 0.2) is 6.04 Å². The molecule has 0 saturated heterocycles. The number of hydrogen-bond donors (Lipinski definition) is 4. The van der Waals surface area contributed by atoms with Gasteiger partial charge >= 0.3 is 5.97 Å². The van der Waals surface area contributed by atoms with Crippen LogP contribution >= 0.6 is 0 Å². The molecule has 1 heterocycles. The van der Waals surface area contributed by atoms with E-state index < -0.39 is 24.0 Å². The van der Waals surface area contributed by atoms with Gasteiger partial charge in [-0.15, -0.1) is 0 Å². The molecule has 0 aromatic carbocycles. The molecule has 0 fully saturated rings. The van der Waals surface area contributed by atoms with Crippen molar-refractivity contribution in [3.63, 3.8) is 0 Å². The van der Waals surface area contributed by atoms with Crippen molar-refractivity contribution in [2.45, 2.75) is 19.1 Å². The molecule has 8 heteroatoms. The summed E-state index contributed by atoms with van der Waals surface area (Å²) in [6.07, 6.45) is -0.0815. The molecule has 2 atom stereocenters. The van der Waals surface area contributed by atoms with Crippen molar-refractivity contribution in [2.75, 3.05) is 0 Å². The number of amides is 1. The minimum absolute atomic E-state index is 0.109. The number of carboxylic acid groups (broad SMARTS) is 1. The van der Waals surface area contributed by atoms with Crippen LogP contribution in [-0.2, 0) is 4.79 Å². The number of carbonyl (C=O) groups is 2. The number of aliphatic carboxylic acids is 1. The van der Waals surface area contributed by atoms with Gasteiger partial charge in [0, 0.05) is 0 Å². The quantitative estimate of drug-likeness (QED) is 0.476. The highest BCUT2D eigenvalue weighted by Crippen LogP contribution is 1.95. The van der Waals surface area contributed by atoms with Crippen LogP contribution in [0.1, 0.15) is 17.5 Å². The third-order valence-corrected chi connectivity index (χ3v) is 1.67. The normalized spacial score (nSPS) is 14.3. The van der Waals surface area contributed by atoms with Crippen LogP contribution in [0.25, 0.3) is 0 Å². The molecule has 0 aliphatic carbocycles. The van der Waals surface area contributed by atoms with Gasteiger partial charge in [-0.05, 0) is 6.92 Å². The summed E-state index contributed by atoms with van der Waals surface area (Å²) in [5, 5.41) is 25.6. The number of aromatic nitrogens is 3. The van der Waals surface area contributed by atoms with Crippen LogP contribution in [0, 0.1) is 0 Å². The van der Waals surface area contributed by atoms with E-state index in [1.807, 2.05) is 0 Å². The van der Waals surface area contributed by atoms with Gasteiger partial charge in [-0.25, -0.2) is 9.78 Å². The fourth-order valence-electron chi connectivity index (χ4n) is 0.913. The Labute approximate surface area is 84.3 Å². The van der Waals surface area contributed by atoms with Gasteiger partial charge in [-0.1, -0.05) is 0 Å². The first kappa shape index (κ1) is 11.1. The van der Waals surface area contributed by atoms with Crippen LogP contribution in [0.3, 0.4) is 0 Å². The van der Waals surface area contributed by atoms with Crippen LogP contribution in [0.15, 0.2) is 6.33 Å². The maximum atomic E-state index is 11.3. The molecule has 1 rings (SSSR count). The van der Waals surface area contributed by atoms with Crippen molar-refractivity contribution >= 4 is 11.9 Å². The van der Waals surface area contributed by atoms with E-state index in [9.17, 15) is 9.59 Å². The van der Waals surface area contributed by atoms with E-state index >= 15 is 0 Å². The molecule has 0 radical (unpaired) electrons. The second-order valence-electron chi connectivity index (χ2n) is 2.86. The third-order valence-electron chi connectivity index (χ3n) is 1.67. The highest BCUT2D eigenvalue weighted by molar-refractivity contribution is 5.93. The van der Waals surface area contributed by atoms with Gasteiger partial charge in [-0.2, -0.15) is 5.10 Å². The van der Waals surface area contributed by atoms with Crippen molar-refractivity contribution in [3.8, 4) is 0 Å². The predicted molar refractivity (Wildman–Crippen MR) is 47.0 cm³/mol. The molecule has 0 aliphatic rings. The van der Waals surface area contributed by atoms with Gasteiger partial charge in [0.2, 0.25) is 5.82 Å². The third kappa shape index (κ3) is 2.74. The smallest absolute Gasteiger partial charge is 0.328 e. The molecule has 1 aromatic rings. The molecule has 0 spiro atoms. The summed E-state index contributed by atoms with van der Waals surface area (Å²) in [6.45, 7) is 1.26. The first-order valence-corrected chi connectivity index (χ1v) is 4.09. The number of aliphatic hydroxyl groups excluding tert-OH is 1. The first-order valence-electron chi connectivity index (χ1n) is 4.09. The molecule has 8 nitrogen and oxygen atoms in total. The van der Waals surface area contributed by atoms with Gasteiger partial charge < -0.3 is 15.5 Å². The Morgan fingerprint density at radius 3 is 2.67 bits per heavy atom. The number of carbonyl (C=O) groups excluding carboxylic acids is 1. The lowest BCUT2D eigenvalue weighted by molar-refractivity contribution is -0.141. The van der Waals surface area contributed by atoms with E-state index in [4.69, 9.17) is 10.2 Å². The van der Waals surface area contributed by atoms with Crippen molar-refractivity contribution in [3.05, 3.63) is 12.2 Å². The lowest BCUT2D eigenvalue weighted by Crippen LogP contribution is -2.47. The van der Waals surface area contributed by atoms with Crippen LogP contribution in [0.2, 0.25) is 0 Å². The maximum absolute atomic E-state index is 11.3. The number of nitrogens with zero attached hydrogens (tertiary/aromatic N) is 2. The first-order chi connectivity index (χ1) is 7.02. The molecule has 1 amide bonds. The number of carboxylic acids is 1. The number of nitrogens with one attached hydrogen (secondary N) is 2. The van der Waals surface area contributed by atoms with E-state index in [2.05, 4.69) is 20.5 Å². The second-order valence-corrected chi connectivity index (χ2v) is 2.86. The average molecular weight is 214 g/mol. The van der Waals surface area contributed by atoms with Crippen molar-refractivity contribution in [1.82, 2.24) is 20.5 Å². The van der Waals surface area contributed by atoms with Gasteiger partial charge in [0.25, 0.3) is 5.91 Å². The van der Waals surface area contributed by atoms with E-state index in [-0.39, 0.29) is 5.82 Å². The monoisotopic (exact) mass is 214 g/mol. The molecular weight excluding hydrogens is 204 g/mol. The lowest BCUT2D eigenvalue weighted by Gasteiger charge is -2.15. The SMILES string of the molecule is C[C@@H](O)[C@H](NC(=O)c1ncn[nH]1)C(=O)O. The Hall–Kier alpha value is -1.96. The Kier molecular flexibility index (Phi) is 3.34. The van der Waals surface area contributed by atoms with Crippen molar-refractivity contribution in [2.24, 2.45) is 0 Å².